The number of amides is 1. The average Bonchev–Trinajstić information content (AvgIpc) is 2.95. The van der Waals surface area contributed by atoms with E-state index in [9.17, 15) is 14.7 Å². The van der Waals surface area contributed by atoms with E-state index in [1.807, 2.05) is 44.2 Å². The fourth-order valence-corrected chi connectivity index (χ4v) is 3.00. The summed E-state index contributed by atoms with van der Waals surface area (Å²) in [5, 5.41) is 14.2. The van der Waals surface area contributed by atoms with Crippen LogP contribution in [0.3, 0.4) is 0 Å². The Morgan fingerprint density at radius 3 is 2.57 bits per heavy atom. The number of aliphatic carboxylic acids is 1. The third kappa shape index (κ3) is 5.17. The average molecular weight is 332 g/mol. The summed E-state index contributed by atoms with van der Waals surface area (Å²) in [5.74, 6) is -1.28. The number of benzene rings is 1. The SMILES string of the molecule is CC(C)CC(NC(=O)c1csc(Cc2ccccc2)n1)C(=O)O. The maximum atomic E-state index is 12.2. The number of nitrogens with zero attached hydrogens (tertiary/aromatic N) is 1. The van der Waals surface area contributed by atoms with Crippen LogP contribution in [0, 0.1) is 5.92 Å². The zero-order chi connectivity index (χ0) is 16.8. The zero-order valence-corrected chi connectivity index (χ0v) is 14.0. The van der Waals surface area contributed by atoms with E-state index in [0.29, 0.717) is 12.8 Å². The van der Waals surface area contributed by atoms with E-state index in [2.05, 4.69) is 10.3 Å². The van der Waals surface area contributed by atoms with Gasteiger partial charge in [-0.15, -0.1) is 11.3 Å². The molecule has 0 bridgehead atoms. The smallest absolute Gasteiger partial charge is 0.326 e. The number of carbonyl (C=O) groups is 2. The highest BCUT2D eigenvalue weighted by Gasteiger charge is 2.22. The summed E-state index contributed by atoms with van der Waals surface area (Å²) >= 11 is 1.40. The summed E-state index contributed by atoms with van der Waals surface area (Å²) in [6.07, 6.45) is 1.05. The van der Waals surface area contributed by atoms with Crippen LogP contribution in [-0.4, -0.2) is 28.0 Å². The maximum Gasteiger partial charge on any atom is 0.326 e. The molecule has 0 saturated heterocycles. The van der Waals surface area contributed by atoms with E-state index in [4.69, 9.17) is 0 Å². The molecule has 1 aromatic carbocycles. The number of carboxylic acids is 1. The molecule has 0 radical (unpaired) electrons. The number of nitrogens with one attached hydrogen (secondary N) is 1. The van der Waals surface area contributed by atoms with Crippen LogP contribution >= 0.6 is 11.3 Å². The fourth-order valence-electron chi connectivity index (χ4n) is 2.19. The molecule has 1 amide bonds. The van der Waals surface area contributed by atoms with Gasteiger partial charge < -0.3 is 10.4 Å². The van der Waals surface area contributed by atoms with Crippen LogP contribution in [0.5, 0.6) is 0 Å². The third-order valence-electron chi connectivity index (χ3n) is 3.29. The van der Waals surface area contributed by atoms with E-state index in [-0.39, 0.29) is 11.6 Å². The van der Waals surface area contributed by atoms with Crippen LogP contribution in [0.15, 0.2) is 35.7 Å². The highest BCUT2D eigenvalue weighted by molar-refractivity contribution is 7.09. The van der Waals surface area contributed by atoms with Crippen molar-refractivity contribution in [3.63, 3.8) is 0 Å². The minimum Gasteiger partial charge on any atom is -0.480 e. The molecular formula is C17H20N2O3S. The molecule has 1 atom stereocenters. The standard InChI is InChI=1S/C17H20N2O3S/c1-11(2)8-13(17(21)22)19-16(20)14-10-23-15(18-14)9-12-6-4-3-5-7-12/h3-7,10-11,13H,8-9H2,1-2H3,(H,19,20)(H,21,22). The predicted octanol–water partition coefficient (Wildman–Crippen LogP) is 2.96. The van der Waals surface area contributed by atoms with Crippen molar-refractivity contribution in [1.29, 1.82) is 0 Å². The summed E-state index contributed by atoms with van der Waals surface area (Å²) in [4.78, 5) is 27.7. The highest BCUT2D eigenvalue weighted by Crippen LogP contribution is 2.15. The van der Waals surface area contributed by atoms with Crippen molar-refractivity contribution in [3.8, 4) is 0 Å². The Morgan fingerprint density at radius 2 is 1.96 bits per heavy atom. The minimum absolute atomic E-state index is 0.181. The summed E-state index contributed by atoms with van der Waals surface area (Å²) in [5.41, 5.74) is 1.40. The van der Waals surface area contributed by atoms with Gasteiger partial charge in [-0.2, -0.15) is 0 Å². The zero-order valence-electron chi connectivity index (χ0n) is 13.2. The molecule has 0 saturated carbocycles. The lowest BCUT2D eigenvalue weighted by Crippen LogP contribution is -2.41. The van der Waals surface area contributed by atoms with Gasteiger partial charge in [0.2, 0.25) is 0 Å². The number of carboxylic acid groups (broad SMARTS) is 1. The van der Waals surface area contributed by atoms with Crippen LogP contribution in [-0.2, 0) is 11.2 Å². The molecule has 2 aromatic rings. The van der Waals surface area contributed by atoms with Gasteiger partial charge >= 0.3 is 5.97 Å². The van der Waals surface area contributed by atoms with Gasteiger partial charge in [-0.3, -0.25) is 4.79 Å². The van der Waals surface area contributed by atoms with Crippen molar-refractivity contribution >= 4 is 23.2 Å². The number of aromatic nitrogens is 1. The molecule has 0 aliphatic carbocycles. The minimum atomic E-state index is -1.02. The second kappa shape index (κ2) is 7.87. The van der Waals surface area contributed by atoms with Crippen LogP contribution in [0.2, 0.25) is 0 Å². The number of rotatable bonds is 7. The van der Waals surface area contributed by atoms with Crippen LogP contribution in [0.4, 0.5) is 0 Å². The van der Waals surface area contributed by atoms with E-state index >= 15 is 0 Å². The van der Waals surface area contributed by atoms with Gasteiger partial charge in [0.25, 0.3) is 5.91 Å². The van der Waals surface area contributed by atoms with Gasteiger partial charge in [-0.25, -0.2) is 9.78 Å². The molecule has 2 rings (SSSR count). The monoisotopic (exact) mass is 332 g/mol. The summed E-state index contributed by atoms with van der Waals surface area (Å²) in [6.45, 7) is 3.84. The van der Waals surface area contributed by atoms with Crippen LogP contribution in [0.25, 0.3) is 0 Å². The first-order valence-corrected chi connectivity index (χ1v) is 8.35. The quantitative estimate of drug-likeness (QED) is 0.817. The molecule has 122 valence electrons. The first-order valence-electron chi connectivity index (χ1n) is 7.47. The molecule has 2 N–H and O–H groups in total. The number of carbonyl (C=O) groups excluding carboxylic acids is 1. The van der Waals surface area contributed by atoms with Gasteiger partial charge in [0.15, 0.2) is 0 Å². The second-order valence-corrected chi connectivity index (χ2v) is 6.73. The lowest BCUT2D eigenvalue weighted by atomic mass is 10.0. The lowest BCUT2D eigenvalue weighted by molar-refractivity contribution is -0.139. The predicted molar refractivity (Wildman–Crippen MR) is 89.7 cm³/mol. The van der Waals surface area contributed by atoms with Gasteiger partial charge in [0, 0.05) is 11.8 Å². The molecule has 5 nitrogen and oxygen atoms in total. The molecule has 23 heavy (non-hydrogen) atoms. The van der Waals surface area contributed by atoms with Crippen molar-refractivity contribution in [3.05, 3.63) is 52.0 Å². The molecule has 0 spiro atoms. The van der Waals surface area contributed by atoms with Crippen LogP contribution < -0.4 is 5.32 Å². The van der Waals surface area contributed by atoms with Crippen molar-refractivity contribution in [2.24, 2.45) is 5.92 Å². The largest absolute Gasteiger partial charge is 0.480 e. The Hall–Kier alpha value is -2.21. The number of hydrogen-bond acceptors (Lipinski definition) is 4. The first-order chi connectivity index (χ1) is 11.0. The first kappa shape index (κ1) is 17.1. The van der Waals surface area contributed by atoms with E-state index in [1.165, 1.54) is 11.3 Å². The Morgan fingerprint density at radius 1 is 1.26 bits per heavy atom. The second-order valence-electron chi connectivity index (χ2n) is 5.78. The van der Waals surface area contributed by atoms with E-state index < -0.39 is 17.9 Å². The summed E-state index contributed by atoms with van der Waals surface area (Å²) < 4.78 is 0. The normalized spacial score (nSPS) is 12.1. The lowest BCUT2D eigenvalue weighted by Gasteiger charge is -2.15. The molecule has 6 heteroatoms. The van der Waals surface area contributed by atoms with Gasteiger partial charge in [-0.05, 0) is 17.9 Å². The third-order valence-corrected chi connectivity index (χ3v) is 4.14. The van der Waals surface area contributed by atoms with Crippen molar-refractivity contribution in [2.75, 3.05) is 0 Å². The highest BCUT2D eigenvalue weighted by atomic mass is 32.1. The van der Waals surface area contributed by atoms with Crippen molar-refractivity contribution < 1.29 is 14.7 Å². The van der Waals surface area contributed by atoms with E-state index in [1.54, 1.807) is 5.38 Å². The van der Waals surface area contributed by atoms with Crippen molar-refractivity contribution in [2.45, 2.75) is 32.7 Å². The van der Waals surface area contributed by atoms with Gasteiger partial charge in [0.1, 0.15) is 11.7 Å². The Balaban J connectivity index is 2.01. The van der Waals surface area contributed by atoms with Gasteiger partial charge in [-0.1, -0.05) is 44.2 Å². The summed E-state index contributed by atoms with van der Waals surface area (Å²) in [6, 6.07) is 8.99. The molecular weight excluding hydrogens is 312 g/mol. The molecule has 0 aliphatic heterocycles. The number of thiazole rings is 1. The maximum absolute atomic E-state index is 12.2. The van der Waals surface area contributed by atoms with Crippen molar-refractivity contribution in [1.82, 2.24) is 10.3 Å². The Kier molecular flexibility index (Phi) is 5.87. The van der Waals surface area contributed by atoms with Crippen LogP contribution in [0.1, 0.15) is 41.3 Å². The molecule has 0 aliphatic rings. The Labute approximate surface area is 139 Å². The van der Waals surface area contributed by atoms with E-state index in [0.717, 1.165) is 10.6 Å². The topological polar surface area (TPSA) is 79.3 Å². The van der Waals surface area contributed by atoms with Gasteiger partial charge in [0.05, 0.1) is 5.01 Å². The molecule has 1 unspecified atom stereocenters. The fraction of sp³-hybridized carbons (Fsp3) is 0.353. The molecule has 1 heterocycles. The molecule has 0 fully saturated rings. The number of hydrogen-bond donors (Lipinski definition) is 2. The summed E-state index contributed by atoms with van der Waals surface area (Å²) in [7, 11) is 0. The Bertz CT molecular complexity index is 667. The molecule has 1 aromatic heterocycles.